The lowest BCUT2D eigenvalue weighted by atomic mass is 10.0. The van der Waals surface area contributed by atoms with Crippen molar-refractivity contribution in [2.24, 2.45) is 0 Å². The van der Waals surface area contributed by atoms with Gasteiger partial charge in [-0.15, -0.1) is 0 Å². The number of alkyl carbamates (subject to hydrolysis) is 1. The predicted molar refractivity (Wildman–Crippen MR) is 130 cm³/mol. The van der Waals surface area contributed by atoms with E-state index < -0.39 is 11.7 Å². The van der Waals surface area contributed by atoms with E-state index in [9.17, 15) is 14.4 Å². The van der Waals surface area contributed by atoms with Crippen molar-refractivity contribution < 1.29 is 23.5 Å². The van der Waals surface area contributed by atoms with Gasteiger partial charge in [-0.05, 0) is 49.4 Å². The van der Waals surface area contributed by atoms with Crippen LogP contribution in [0, 0.1) is 6.92 Å². The van der Waals surface area contributed by atoms with E-state index >= 15 is 0 Å². The Bertz CT molecular complexity index is 1170. The third-order valence-electron chi connectivity index (χ3n) is 5.48. The molecule has 0 radical (unpaired) electrons. The van der Waals surface area contributed by atoms with Crippen LogP contribution in [0.3, 0.4) is 0 Å². The second-order valence-corrected chi connectivity index (χ2v) is 8.18. The molecular weight excluding hydrogens is 434 g/mol. The first-order chi connectivity index (χ1) is 16.5. The van der Waals surface area contributed by atoms with Crippen LogP contribution in [0.2, 0.25) is 0 Å². The molecule has 0 atom stereocenters. The molecule has 1 heterocycles. The van der Waals surface area contributed by atoms with Gasteiger partial charge in [0.1, 0.15) is 17.9 Å². The van der Waals surface area contributed by atoms with E-state index in [-0.39, 0.29) is 19.0 Å². The average Bonchev–Trinajstić information content (AvgIpc) is 2.83. The zero-order chi connectivity index (χ0) is 24.3. The van der Waals surface area contributed by atoms with Gasteiger partial charge in [0.15, 0.2) is 0 Å². The van der Waals surface area contributed by atoms with Gasteiger partial charge in [-0.1, -0.05) is 50.1 Å². The Morgan fingerprint density at radius 1 is 1.03 bits per heavy atom. The summed E-state index contributed by atoms with van der Waals surface area (Å²) in [6, 6.07) is 14.6. The smallest absolute Gasteiger partial charge is 0.407 e. The molecule has 7 heteroatoms. The SMILES string of the molecule is CCCc1cc(=O)oc2c(C)c(OC(=O)CCCCCNC(=O)OCc3ccccc3)ccc12. The second-order valence-electron chi connectivity index (χ2n) is 8.18. The number of rotatable bonds is 11. The molecule has 1 aromatic heterocycles. The Kier molecular flexibility index (Phi) is 9.26. The van der Waals surface area contributed by atoms with Crippen molar-refractivity contribution in [2.45, 2.75) is 59.0 Å². The number of hydrogen-bond acceptors (Lipinski definition) is 6. The lowest BCUT2D eigenvalue weighted by Gasteiger charge is -2.11. The first-order valence-corrected chi connectivity index (χ1v) is 11.7. The highest BCUT2D eigenvalue weighted by Crippen LogP contribution is 2.29. The summed E-state index contributed by atoms with van der Waals surface area (Å²) in [5.41, 5.74) is 2.57. The fourth-order valence-corrected chi connectivity index (χ4v) is 3.70. The van der Waals surface area contributed by atoms with E-state index in [4.69, 9.17) is 13.9 Å². The number of esters is 1. The lowest BCUT2D eigenvalue weighted by molar-refractivity contribution is -0.134. The minimum absolute atomic E-state index is 0.232. The van der Waals surface area contributed by atoms with Crippen LogP contribution in [0.15, 0.2) is 57.7 Å². The van der Waals surface area contributed by atoms with Gasteiger partial charge >= 0.3 is 17.7 Å². The molecule has 34 heavy (non-hydrogen) atoms. The normalized spacial score (nSPS) is 10.8. The zero-order valence-electron chi connectivity index (χ0n) is 19.7. The molecule has 0 unspecified atom stereocenters. The quantitative estimate of drug-likeness (QED) is 0.175. The van der Waals surface area contributed by atoms with Gasteiger partial charge in [0.05, 0.1) is 0 Å². The van der Waals surface area contributed by atoms with Crippen molar-refractivity contribution in [3.63, 3.8) is 0 Å². The molecule has 1 amide bonds. The fraction of sp³-hybridized carbons (Fsp3) is 0.370. The topological polar surface area (TPSA) is 94.8 Å². The number of fused-ring (bicyclic) bond motifs is 1. The van der Waals surface area contributed by atoms with E-state index in [1.807, 2.05) is 36.4 Å². The number of aryl methyl sites for hydroxylation is 2. The van der Waals surface area contributed by atoms with Crippen LogP contribution in [-0.2, 0) is 22.6 Å². The highest BCUT2D eigenvalue weighted by Gasteiger charge is 2.14. The van der Waals surface area contributed by atoms with Gasteiger partial charge in [-0.25, -0.2) is 9.59 Å². The largest absolute Gasteiger partial charge is 0.445 e. The van der Waals surface area contributed by atoms with Gasteiger partial charge in [-0.3, -0.25) is 4.79 Å². The standard InChI is InChI=1S/C27H31NO6/c1-3-10-21-17-25(30)34-26-19(2)23(15-14-22(21)26)33-24(29)13-8-5-9-16-28-27(31)32-18-20-11-6-4-7-12-20/h4,6-7,11-12,14-15,17H,3,5,8-10,13,16,18H2,1-2H3,(H,28,31). The van der Waals surface area contributed by atoms with Gasteiger partial charge in [0.25, 0.3) is 0 Å². The summed E-state index contributed by atoms with van der Waals surface area (Å²) >= 11 is 0. The Morgan fingerprint density at radius 2 is 1.82 bits per heavy atom. The summed E-state index contributed by atoms with van der Waals surface area (Å²) in [6.07, 6.45) is 3.63. The molecule has 0 aliphatic heterocycles. The van der Waals surface area contributed by atoms with Crippen molar-refractivity contribution in [1.82, 2.24) is 5.32 Å². The third-order valence-corrected chi connectivity index (χ3v) is 5.48. The molecule has 0 fully saturated rings. The molecule has 0 bridgehead atoms. The van der Waals surface area contributed by atoms with Gasteiger partial charge < -0.3 is 19.2 Å². The van der Waals surface area contributed by atoms with E-state index in [1.165, 1.54) is 6.07 Å². The van der Waals surface area contributed by atoms with E-state index in [2.05, 4.69) is 12.2 Å². The van der Waals surface area contributed by atoms with Crippen LogP contribution >= 0.6 is 0 Å². The molecule has 0 spiro atoms. The van der Waals surface area contributed by atoms with Crippen LogP contribution < -0.4 is 15.7 Å². The molecule has 0 saturated heterocycles. The Morgan fingerprint density at radius 3 is 2.59 bits per heavy atom. The van der Waals surface area contributed by atoms with Gasteiger partial charge in [0, 0.05) is 30.0 Å². The van der Waals surface area contributed by atoms with Crippen molar-refractivity contribution in [3.8, 4) is 5.75 Å². The molecule has 1 N–H and O–H groups in total. The number of carbonyl (C=O) groups excluding carboxylic acids is 2. The summed E-state index contributed by atoms with van der Waals surface area (Å²) in [5.74, 6) is 0.0573. The summed E-state index contributed by atoms with van der Waals surface area (Å²) in [5, 5.41) is 3.58. The molecule has 2 aromatic carbocycles. The zero-order valence-corrected chi connectivity index (χ0v) is 19.7. The maximum absolute atomic E-state index is 12.3. The minimum Gasteiger partial charge on any atom is -0.445 e. The third kappa shape index (κ3) is 7.20. The second kappa shape index (κ2) is 12.6. The van der Waals surface area contributed by atoms with Gasteiger partial charge in [0.2, 0.25) is 0 Å². The number of carbonyl (C=O) groups is 2. The van der Waals surface area contributed by atoms with Crippen molar-refractivity contribution in [1.29, 1.82) is 0 Å². The maximum Gasteiger partial charge on any atom is 0.407 e. The van der Waals surface area contributed by atoms with E-state index in [1.54, 1.807) is 13.0 Å². The molecule has 0 aliphatic carbocycles. The molecule has 0 saturated carbocycles. The molecule has 180 valence electrons. The average molecular weight is 466 g/mol. The highest BCUT2D eigenvalue weighted by atomic mass is 16.5. The van der Waals surface area contributed by atoms with Crippen molar-refractivity contribution in [2.75, 3.05) is 6.54 Å². The monoisotopic (exact) mass is 465 g/mol. The maximum atomic E-state index is 12.3. The number of unbranched alkanes of at least 4 members (excludes halogenated alkanes) is 2. The Labute approximate surface area is 199 Å². The van der Waals surface area contributed by atoms with Crippen LogP contribution in [0.4, 0.5) is 4.79 Å². The van der Waals surface area contributed by atoms with E-state index in [0.29, 0.717) is 29.9 Å². The molecule has 0 aliphatic rings. The number of ether oxygens (including phenoxy) is 2. The van der Waals surface area contributed by atoms with Crippen LogP contribution in [-0.4, -0.2) is 18.6 Å². The van der Waals surface area contributed by atoms with Gasteiger partial charge in [-0.2, -0.15) is 0 Å². The molecule has 7 nitrogen and oxygen atoms in total. The van der Waals surface area contributed by atoms with Crippen LogP contribution in [0.25, 0.3) is 11.0 Å². The number of hydrogen-bond donors (Lipinski definition) is 1. The first kappa shape index (κ1) is 25.0. The highest BCUT2D eigenvalue weighted by molar-refractivity contribution is 5.86. The first-order valence-electron chi connectivity index (χ1n) is 11.7. The number of benzene rings is 2. The van der Waals surface area contributed by atoms with Crippen LogP contribution in [0.1, 0.15) is 55.7 Å². The van der Waals surface area contributed by atoms with Crippen LogP contribution in [0.5, 0.6) is 5.75 Å². The molecule has 3 aromatic rings. The summed E-state index contributed by atoms with van der Waals surface area (Å²) in [7, 11) is 0. The lowest BCUT2D eigenvalue weighted by Crippen LogP contribution is -2.25. The molecular formula is C27H31NO6. The molecule has 3 rings (SSSR count). The van der Waals surface area contributed by atoms with E-state index in [0.717, 1.165) is 42.2 Å². The van der Waals surface area contributed by atoms with Crippen molar-refractivity contribution >= 4 is 23.0 Å². The minimum atomic E-state index is -0.455. The van der Waals surface area contributed by atoms with Crippen molar-refractivity contribution in [3.05, 3.63) is 75.6 Å². The Balaban J connectivity index is 1.39. The number of nitrogens with one attached hydrogen (secondary N) is 1. The summed E-state index contributed by atoms with van der Waals surface area (Å²) in [4.78, 5) is 36.0. The predicted octanol–water partition coefficient (Wildman–Crippen LogP) is 5.45. The Hall–Kier alpha value is -3.61. The number of amides is 1. The summed E-state index contributed by atoms with van der Waals surface area (Å²) in [6.45, 7) is 4.55. The summed E-state index contributed by atoms with van der Waals surface area (Å²) < 4.78 is 16.1. The fourth-order valence-electron chi connectivity index (χ4n) is 3.70.